The summed E-state index contributed by atoms with van der Waals surface area (Å²) in [7, 11) is -1.94. The van der Waals surface area contributed by atoms with Gasteiger partial charge >= 0.3 is 0 Å². The SMILES string of the molecule is Cc1ccccc1NC(=O)[C@@H]1CCCN(S(=O)(=O)c2cn(C)cn2)C1. The highest BCUT2D eigenvalue weighted by atomic mass is 32.2. The van der Waals surface area contributed by atoms with Crippen LogP contribution in [0.2, 0.25) is 0 Å². The van der Waals surface area contributed by atoms with Crippen molar-refractivity contribution in [2.24, 2.45) is 13.0 Å². The lowest BCUT2D eigenvalue weighted by atomic mass is 9.98. The van der Waals surface area contributed by atoms with E-state index in [1.165, 1.54) is 16.8 Å². The summed E-state index contributed by atoms with van der Waals surface area (Å²) >= 11 is 0. The van der Waals surface area contributed by atoms with Crippen LogP contribution in [0, 0.1) is 12.8 Å². The molecule has 1 N–H and O–H groups in total. The number of amides is 1. The zero-order valence-electron chi connectivity index (χ0n) is 14.3. The zero-order chi connectivity index (χ0) is 18.0. The van der Waals surface area contributed by atoms with Crippen LogP contribution in [0.5, 0.6) is 0 Å². The molecule has 0 unspecified atom stereocenters. The molecule has 8 heteroatoms. The number of carbonyl (C=O) groups excluding carboxylic acids is 1. The van der Waals surface area contributed by atoms with E-state index in [9.17, 15) is 13.2 Å². The van der Waals surface area contributed by atoms with E-state index in [1.54, 1.807) is 11.6 Å². The average Bonchev–Trinajstić information content (AvgIpc) is 3.04. The Labute approximate surface area is 147 Å². The predicted octanol–water partition coefficient (Wildman–Crippen LogP) is 1.77. The predicted molar refractivity (Wildman–Crippen MR) is 94.5 cm³/mol. The van der Waals surface area contributed by atoms with E-state index >= 15 is 0 Å². The lowest BCUT2D eigenvalue weighted by Crippen LogP contribution is -2.43. The van der Waals surface area contributed by atoms with Crippen LogP contribution in [0.4, 0.5) is 5.69 Å². The molecule has 2 heterocycles. The van der Waals surface area contributed by atoms with Crippen LogP contribution in [0.25, 0.3) is 0 Å². The van der Waals surface area contributed by atoms with E-state index in [0.29, 0.717) is 19.4 Å². The average molecular weight is 362 g/mol. The fourth-order valence-corrected chi connectivity index (χ4v) is 4.47. The highest BCUT2D eigenvalue weighted by Crippen LogP contribution is 2.24. The maximum Gasteiger partial charge on any atom is 0.262 e. The Kier molecular flexibility index (Phi) is 4.91. The summed E-state index contributed by atoms with van der Waals surface area (Å²) in [4.78, 5) is 16.5. The van der Waals surface area contributed by atoms with Crippen molar-refractivity contribution in [1.29, 1.82) is 0 Å². The number of nitrogens with one attached hydrogen (secondary N) is 1. The number of rotatable bonds is 4. The number of benzene rings is 1. The number of imidazole rings is 1. The Morgan fingerprint density at radius 1 is 1.32 bits per heavy atom. The van der Waals surface area contributed by atoms with Crippen LogP contribution in [-0.4, -0.2) is 41.3 Å². The summed E-state index contributed by atoms with van der Waals surface area (Å²) in [5, 5.41) is 2.94. The number of hydrogen-bond donors (Lipinski definition) is 1. The Morgan fingerprint density at radius 2 is 2.08 bits per heavy atom. The fourth-order valence-electron chi connectivity index (χ4n) is 2.98. The van der Waals surface area contributed by atoms with Gasteiger partial charge in [0.25, 0.3) is 10.0 Å². The molecule has 7 nitrogen and oxygen atoms in total. The van der Waals surface area contributed by atoms with Crippen LogP contribution in [-0.2, 0) is 21.9 Å². The number of para-hydroxylation sites is 1. The molecule has 0 radical (unpaired) electrons. The van der Waals surface area contributed by atoms with Gasteiger partial charge in [0, 0.05) is 32.0 Å². The molecule has 1 aromatic carbocycles. The molecule has 1 fully saturated rings. The quantitative estimate of drug-likeness (QED) is 0.898. The third kappa shape index (κ3) is 3.74. The second-order valence-corrected chi connectivity index (χ2v) is 8.27. The van der Waals surface area contributed by atoms with Gasteiger partial charge in [0.2, 0.25) is 5.91 Å². The summed E-state index contributed by atoms with van der Waals surface area (Å²) < 4.78 is 28.4. The van der Waals surface area contributed by atoms with Crippen LogP contribution >= 0.6 is 0 Å². The minimum atomic E-state index is -3.67. The summed E-state index contributed by atoms with van der Waals surface area (Å²) in [5.41, 5.74) is 1.74. The van der Waals surface area contributed by atoms with Crippen molar-refractivity contribution in [1.82, 2.24) is 13.9 Å². The second kappa shape index (κ2) is 6.97. The molecule has 1 amide bonds. The summed E-state index contributed by atoms with van der Waals surface area (Å²) in [6.45, 7) is 2.51. The number of nitrogens with zero attached hydrogens (tertiary/aromatic N) is 3. The highest BCUT2D eigenvalue weighted by molar-refractivity contribution is 7.89. The van der Waals surface area contributed by atoms with E-state index < -0.39 is 10.0 Å². The standard InChI is InChI=1S/C17H22N4O3S/c1-13-6-3-4-8-15(13)19-17(22)14-7-5-9-21(10-14)25(23,24)16-11-20(2)12-18-16/h3-4,6,8,11-12,14H,5,7,9-10H2,1-2H3,(H,19,22)/t14-/m1/s1. The van der Waals surface area contributed by atoms with Gasteiger partial charge in [-0.05, 0) is 31.4 Å². The first-order valence-corrected chi connectivity index (χ1v) is 9.66. The van der Waals surface area contributed by atoms with E-state index in [-0.39, 0.29) is 23.4 Å². The number of aryl methyl sites for hydroxylation is 2. The van der Waals surface area contributed by atoms with Gasteiger partial charge in [0.15, 0.2) is 5.03 Å². The van der Waals surface area contributed by atoms with Gasteiger partial charge in [-0.1, -0.05) is 18.2 Å². The number of sulfonamides is 1. The van der Waals surface area contributed by atoms with Gasteiger partial charge in [0.1, 0.15) is 0 Å². The highest BCUT2D eigenvalue weighted by Gasteiger charge is 2.34. The number of piperidine rings is 1. The molecular formula is C17H22N4O3S. The van der Waals surface area contributed by atoms with E-state index in [4.69, 9.17) is 0 Å². The fraction of sp³-hybridized carbons (Fsp3) is 0.412. The van der Waals surface area contributed by atoms with Crippen molar-refractivity contribution in [2.75, 3.05) is 18.4 Å². The van der Waals surface area contributed by atoms with Crippen LogP contribution in [0.3, 0.4) is 0 Å². The van der Waals surface area contributed by atoms with Crippen LogP contribution in [0.1, 0.15) is 18.4 Å². The molecule has 1 aromatic heterocycles. The maximum absolute atomic E-state index is 12.7. The molecular weight excluding hydrogens is 340 g/mol. The van der Waals surface area contributed by atoms with Crippen molar-refractivity contribution in [3.8, 4) is 0 Å². The maximum atomic E-state index is 12.7. The number of carbonyl (C=O) groups is 1. The van der Waals surface area contributed by atoms with Crippen molar-refractivity contribution in [2.45, 2.75) is 24.8 Å². The molecule has 1 aliphatic heterocycles. The van der Waals surface area contributed by atoms with Gasteiger partial charge in [-0.25, -0.2) is 13.4 Å². The molecule has 0 saturated carbocycles. The first kappa shape index (κ1) is 17.6. The van der Waals surface area contributed by atoms with E-state index in [0.717, 1.165) is 11.3 Å². The lowest BCUT2D eigenvalue weighted by molar-refractivity contribution is -0.120. The molecule has 0 bridgehead atoms. The third-order valence-corrected chi connectivity index (χ3v) is 6.19. The molecule has 134 valence electrons. The summed E-state index contributed by atoms with van der Waals surface area (Å²) in [6, 6.07) is 7.54. The molecule has 0 spiro atoms. The van der Waals surface area contributed by atoms with Crippen molar-refractivity contribution < 1.29 is 13.2 Å². The second-order valence-electron chi connectivity index (χ2n) is 6.38. The molecule has 1 aliphatic rings. The van der Waals surface area contributed by atoms with Crippen LogP contribution in [0.15, 0.2) is 41.8 Å². The normalized spacial score (nSPS) is 18.9. The largest absolute Gasteiger partial charge is 0.339 e. The molecule has 25 heavy (non-hydrogen) atoms. The lowest BCUT2D eigenvalue weighted by Gasteiger charge is -2.30. The monoisotopic (exact) mass is 362 g/mol. The van der Waals surface area contributed by atoms with E-state index in [2.05, 4.69) is 10.3 Å². The van der Waals surface area contributed by atoms with Gasteiger partial charge < -0.3 is 9.88 Å². The van der Waals surface area contributed by atoms with Crippen molar-refractivity contribution >= 4 is 21.6 Å². The minimum absolute atomic E-state index is 0.0231. The Hall–Kier alpha value is -2.19. The molecule has 1 atom stereocenters. The van der Waals surface area contributed by atoms with Crippen LogP contribution < -0.4 is 5.32 Å². The van der Waals surface area contributed by atoms with Gasteiger partial charge in [-0.3, -0.25) is 4.79 Å². The molecule has 2 aromatic rings. The topological polar surface area (TPSA) is 84.3 Å². The zero-order valence-corrected chi connectivity index (χ0v) is 15.2. The van der Waals surface area contributed by atoms with Gasteiger partial charge in [-0.2, -0.15) is 4.31 Å². The first-order chi connectivity index (χ1) is 11.9. The Balaban J connectivity index is 1.73. The summed E-state index contributed by atoms with van der Waals surface area (Å²) in [6.07, 6.45) is 4.26. The Morgan fingerprint density at radius 3 is 2.76 bits per heavy atom. The molecule has 3 rings (SSSR count). The number of hydrogen-bond acceptors (Lipinski definition) is 4. The minimum Gasteiger partial charge on any atom is -0.339 e. The summed E-state index contributed by atoms with van der Waals surface area (Å²) in [5.74, 6) is -0.512. The number of anilines is 1. The molecule has 0 aliphatic carbocycles. The molecule has 1 saturated heterocycles. The van der Waals surface area contributed by atoms with Gasteiger partial charge in [-0.15, -0.1) is 0 Å². The third-order valence-electron chi connectivity index (χ3n) is 4.44. The van der Waals surface area contributed by atoms with Crippen molar-refractivity contribution in [3.63, 3.8) is 0 Å². The number of aromatic nitrogens is 2. The van der Waals surface area contributed by atoms with Crippen molar-refractivity contribution in [3.05, 3.63) is 42.4 Å². The van der Waals surface area contributed by atoms with E-state index in [1.807, 2.05) is 31.2 Å². The Bertz CT molecular complexity index is 876. The smallest absolute Gasteiger partial charge is 0.262 e. The van der Waals surface area contributed by atoms with Gasteiger partial charge in [0.05, 0.1) is 12.2 Å². The first-order valence-electron chi connectivity index (χ1n) is 8.22.